The summed E-state index contributed by atoms with van der Waals surface area (Å²) in [5.74, 6) is -0.566. The Balaban J connectivity index is 0.00000148. The number of halogens is 1. The molecule has 0 fully saturated rings. The van der Waals surface area contributed by atoms with E-state index in [1.54, 1.807) is 0 Å². The standard InChI is InChI=1S/C16H11ClN3O5S.2Li.O3S/c17-9-2-4-14(21)13(6-9)20-19-12-3-1-8-5-10(26(23,24)25)7-11(18)15(8)16(12)22;;;1-4(2)3/h1-2,4-7,21-22H,18H2,(H,23,24,25);;;/q-1;2*+1;/p-1. The maximum Gasteiger partial charge on any atom is 1.00 e. The summed E-state index contributed by atoms with van der Waals surface area (Å²) in [7, 11) is -7.81. The van der Waals surface area contributed by atoms with E-state index in [2.05, 4.69) is 16.3 Å². The van der Waals surface area contributed by atoms with Gasteiger partial charge < -0.3 is 20.5 Å². The van der Waals surface area contributed by atoms with Crippen LogP contribution in [-0.4, -0.2) is 35.8 Å². The van der Waals surface area contributed by atoms with Gasteiger partial charge in [0.15, 0.2) is 0 Å². The number of nitrogens with zero attached hydrogens (tertiary/aromatic N) is 2. The molecule has 16 heteroatoms. The molecule has 0 aromatic heterocycles. The van der Waals surface area contributed by atoms with Crippen LogP contribution in [0.3, 0.4) is 0 Å². The van der Waals surface area contributed by atoms with Crippen LogP contribution in [-0.2, 0) is 20.7 Å². The zero-order valence-electron chi connectivity index (χ0n) is 16.5. The van der Waals surface area contributed by atoms with Gasteiger partial charge in [0.25, 0.3) is 0 Å². The summed E-state index contributed by atoms with van der Waals surface area (Å²) in [5, 5.41) is 28.3. The van der Waals surface area contributed by atoms with Crippen LogP contribution in [0.4, 0.5) is 17.1 Å². The molecule has 3 aromatic rings. The van der Waals surface area contributed by atoms with Crippen molar-refractivity contribution in [1.29, 1.82) is 0 Å². The minimum atomic E-state index is -4.70. The molecule has 0 atom stereocenters. The number of hydrogen-bond donors (Lipinski definition) is 3. The second-order valence-corrected chi connectivity index (χ2v) is 7.68. The first-order valence-electron chi connectivity index (χ1n) is 7.50. The molecule has 158 valence electrons. The number of fused-ring (bicyclic) bond motifs is 1. The Hall–Kier alpha value is -2.07. The van der Waals surface area contributed by atoms with Crippen LogP contribution in [0.15, 0.2) is 51.5 Å². The van der Waals surface area contributed by atoms with E-state index < -0.39 is 31.4 Å². The van der Waals surface area contributed by atoms with E-state index in [1.165, 1.54) is 24.3 Å². The summed E-state index contributed by atoms with van der Waals surface area (Å²) >= 11 is 5.82. The first-order valence-corrected chi connectivity index (χ1v) is 10.3. The Morgan fingerprint density at radius 3 is 2.22 bits per heavy atom. The monoisotopic (exact) mass is 485 g/mol. The van der Waals surface area contributed by atoms with Crippen molar-refractivity contribution in [3.8, 4) is 11.5 Å². The summed E-state index contributed by atoms with van der Waals surface area (Å²) in [6.07, 6.45) is 0. The number of benzene rings is 3. The minimum absolute atomic E-state index is 0. The van der Waals surface area contributed by atoms with E-state index in [0.717, 1.165) is 12.1 Å². The van der Waals surface area contributed by atoms with Gasteiger partial charge in [0, 0.05) is 27.0 Å². The summed E-state index contributed by atoms with van der Waals surface area (Å²) in [6, 6.07) is 10.1. The SMILES string of the molecule is Nc1cc(S(=O)(=O)[O-])cc2c[c-]c(N=Nc3cc(Cl)ccc3O)c(O)c12.O=S(=O)=O.[Li+].[Li+]. The third-order valence-electron chi connectivity index (χ3n) is 3.48. The first-order chi connectivity index (χ1) is 13.9. The molecule has 0 aliphatic rings. The second-order valence-electron chi connectivity index (χ2n) is 5.45. The van der Waals surface area contributed by atoms with Crippen molar-refractivity contribution in [2.24, 2.45) is 10.2 Å². The Morgan fingerprint density at radius 2 is 1.66 bits per heavy atom. The average Bonchev–Trinajstić information content (AvgIpc) is 2.62. The van der Waals surface area contributed by atoms with Gasteiger partial charge in [-0.3, -0.25) is 0 Å². The van der Waals surface area contributed by atoms with Crippen molar-refractivity contribution in [1.82, 2.24) is 0 Å². The molecule has 4 N–H and O–H groups in total. The third kappa shape index (κ3) is 7.81. The normalized spacial score (nSPS) is 10.6. The zero-order chi connectivity index (χ0) is 22.6. The number of phenols is 2. The van der Waals surface area contributed by atoms with Gasteiger partial charge in [-0.15, -0.1) is 23.1 Å². The number of nitrogens with two attached hydrogens (primary N) is 1. The number of phenolic OH excluding ortho intramolecular Hbond substituents is 2. The van der Waals surface area contributed by atoms with Gasteiger partial charge in [0.1, 0.15) is 21.6 Å². The Kier molecular flexibility index (Phi) is 11.5. The van der Waals surface area contributed by atoms with Gasteiger partial charge in [-0.05, 0) is 24.3 Å². The topological polar surface area (TPSA) is 200 Å². The van der Waals surface area contributed by atoms with Crippen molar-refractivity contribution in [2.75, 3.05) is 5.73 Å². The molecule has 0 aliphatic heterocycles. The van der Waals surface area contributed by atoms with Crippen molar-refractivity contribution < 1.29 is 73.5 Å². The van der Waals surface area contributed by atoms with Crippen LogP contribution >= 0.6 is 11.6 Å². The van der Waals surface area contributed by atoms with Gasteiger partial charge in [-0.2, -0.15) is 17.2 Å². The summed E-state index contributed by atoms with van der Waals surface area (Å²) in [4.78, 5) is -0.520. The van der Waals surface area contributed by atoms with Crippen LogP contribution in [0.1, 0.15) is 0 Å². The number of anilines is 1. The van der Waals surface area contributed by atoms with Crippen molar-refractivity contribution >= 4 is 60.2 Å². The molecule has 3 rings (SSSR count). The van der Waals surface area contributed by atoms with Gasteiger partial charge in [0.2, 0.25) is 0 Å². The molecule has 0 amide bonds. The second kappa shape index (κ2) is 12.2. The van der Waals surface area contributed by atoms with Gasteiger partial charge in [-0.25, -0.2) is 8.42 Å². The molecule has 0 heterocycles. The van der Waals surface area contributed by atoms with E-state index in [9.17, 15) is 23.2 Å². The Bertz CT molecular complexity index is 1380. The smallest absolute Gasteiger partial charge is 0.744 e. The third-order valence-corrected chi connectivity index (χ3v) is 4.53. The van der Waals surface area contributed by atoms with Crippen LogP contribution in [0.5, 0.6) is 11.5 Å². The molecule has 0 saturated heterocycles. The fourth-order valence-corrected chi connectivity index (χ4v) is 2.99. The fraction of sp³-hybridized carbons (Fsp3) is 0. The van der Waals surface area contributed by atoms with E-state index >= 15 is 0 Å². The minimum Gasteiger partial charge on any atom is -0.744 e. The van der Waals surface area contributed by atoms with Crippen molar-refractivity contribution in [3.05, 3.63) is 47.5 Å². The molecule has 32 heavy (non-hydrogen) atoms. The van der Waals surface area contributed by atoms with E-state index in [-0.39, 0.29) is 71.3 Å². The van der Waals surface area contributed by atoms with Gasteiger partial charge >= 0.3 is 48.3 Å². The number of rotatable bonds is 3. The predicted octanol–water partition coefficient (Wildman–Crippen LogP) is -3.39. The molecule has 0 unspecified atom stereocenters. The molecule has 11 nitrogen and oxygen atoms in total. The van der Waals surface area contributed by atoms with Crippen LogP contribution < -0.4 is 43.5 Å². The van der Waals surface area contributed by atoms with Crippen LogP contribution in [0.25, 0.3) is 10.8 Å². The number of azo groups is 1. The molecule has 0 bridgehead atoms. The molecule has 0 aliphatic carbocycles. The molecule has 3 aromatic carbocycles. The maximum absolute atomic E-state index is 11.1. The van der Waals surface area contributed by atoms with E-state index in [4.69, 9.17) is 30.0 Å². The fourth-order valence-electron chi connectivity index (χ4n) is 2.28. The summed E-state index contributed by atoms with van der Waals surface area (Å²) in [6.45, 7) is 0. The summed E-state index contributed by atoms with van der Waals surface area (Å²) in [5.41, 5.74) is 5.63. The largest absolute Gasteiger partial charge is 1.00 e. The predicted molar refractivity (Wildman–Crippen MR) is 104 cm³/mol. The number of aromatic hydroxyl groups is 2. The zero-order valence-corrected chi connectivity index (χ0v) is 18.9. The van der Waals surface area contributed by atoms with Crippen molar-refractivity contribution in [3.63, 3.8) is 0 Å². The molecule has 0 saturated carbocycles. The Morgan fingerprint density at radius 1 is 1.06 bits per heavy atom. The Labute approximate surface area is 212 Å². The van der Waals surface area contributed by atoms with E-state index in [0.29, 0.717) is 5.02 Å². The quantitative estimate of drug-likeness (QED) is 0.111. The average molecular weight is 486 g/mol. The first kappa shape index (κ1) is 29.9. The number of nitrogen functional groups attached to an aromatic ring is 1. The summed E-state index contributed by atoms with van der Waals surface area (Å²) < 4.78 is 58.8. The van der Waals surface area contributed by atoms with Gasteiger partial charge in [0.05, 0.1) is 0 Å². The molecule has 0 spiro atoms. The van der Waals surface area contributed by atoms with Gasteiger partial charge in [-0.1, -0.05) is 23.1 Å². The van der Waals surface area contributed by atoms with Crippen LogP contribution in [0, 0.1) is 6.07 Å². The van der Waals surface area contributed by atoms with Crippen LogP contribution in [0.2, 0.25) is 5.02 Å². The number of hydrogen-bond acceptors (Lipinski definition) is 11. The molecular weight excluding hydrogens is 476 g/mol. The molecular formula is C16H10ClLi2N3O8S2. The molecule has 0 radical (unpaired) electrons. The maximum atomic E-state index is 11.1. The van der Waals surface area contributed by atoms with Crippen molar-refractivity contribution in [2.45, 2.75) is 4.90 Å². The van der Waals surface area contributed by atoms with E-state index in [1.807, 2.05) is 0 Å².